The van der Waals surface area contributed by atoms with Crippen LogP contribution in [-0.2, 0) is 0 Å². The van der Waals surface area contributed by atoms with E-state index in [1.165, 1.54) is 12.1 Å². The fraction of sp³-hybridized carbons (Fsp3) is 0.462. The summed E-state index contributed by atoms with van der Waals surface area (Å²) in [5.41, 5.74) is 0.309. The number of nitrogens with zero attached hydrogens (tertiary/aromatic N) is 2. The molecule has 1 amide bonds. The number of carbonyl (C=O) groups is 1. The minimum atomic E-state index is -0.478. The number of benzene rings is 1. The molecule has 0 saturated carbocycles. The summed E-state index contributed by atoms with van der Waals surface area (Å²) in [7, 11) is 0. The molecule has 0 bridgehead atoms. The van der Waals surface area contributed by atoms with Crippen LogP contribution in [0.1, 0.15) is 38.1 Å². The Kier molecular flexibility index (Phi) is 5.28. The maximum atomic E-state index is 12.5. The quantitative estimate of drug-likeness (QED) is 0.459. The van der Waals surface area contributed by atoms with Gasteiger partial charge in [0.1, 0.15) is 0 Å². The summed E-state index contributed by atoms with van der Waals surface area (Å²) >= 11 is 1.98. The van der Waals surface area contributed by atoms with Crippen LogP contribution < -0.4 is 0 Å². The number of hydrogen-bond acceptors (Lipinski definition) is 3. The lowest BCUT2D eigenvalue weighted by atomic mass is 10.1. The Morgan fingerprint density at radius 1 is 1.21 bits per heavy atom. The Labute approximate surface area is 126 Å². The number of nitro benzene ring substituents is 1. The molecule has 1 aromatic carbocycles. The van der Waals surface area contributed by atoms with E-state index in [-0.39, 0.29) is 23.7 Å². The molecule has 104 valence electrons. The summed E-state index contributed by atoms with van der Waals surface area (Å²) in [4.78, 5) is 24.5. The molecule has 0 aliphatic carbocycles. The fourth-order valence-corrected chi connectivity index (χ4v) is 2.67. The van der Waals surface area contributed by atoms with E-state index in [1.807, 2.05) is 50.3 Å². The van der Waals surface area contributed by atoms with E-state index >= 15 is 0 Å². The van der Waals surface area contributed by atoms with Crippen LogP contribution in [0.4, 0.5) is 5.69 Å². The van der Waals surface area contributed by atoms with E-state index in [4.69, 9.17) is 0 Å². The van der Waals surface area contributed by atoms with Crippen LogP contribution in [0.25, 0.3) is 0 Å². The predicted molar refractivity (Wildman–Crippen MR) is 82.3 cm³/mol. The molecular formula is C13H17IN2O3. The van der Waals surface area contributed by atoms with Crippen LogP contribution in [0, 0.1) is 13.7 Å². The molecule has 0 unspecified atom stereocenters. The van der Waals surface area contributed by atoms with Gasteiger partial charge in [-0.2, -0.15) is 0 Å². The van der Waals surface area contributed by atoms with Crippen molar-refractivity contribution < 1.29 is 9.72 Å². The maximum absolute atomic E-state index is 12.5. The van der Waals surface area contributed by atoms with Crippen LogP contribution >= 0.6 is 22.6 Å². The second kappa shape index (κ2) is 6.31. The third-order valence-corrected chi connectivity index (χ3v) is 3.31. The van der Waals surface area contributed by atoms with Gasteiger partial charge in [0.05, 0.1) is 4.92 Å². The van der Waals surface area contributed by atoms with E-state index in [0.29, 0.717) is 9.13 Å². The minimum Gasteiger partial charge on any atom is -0.334 e. The van der Waals surface area contributed by atoms with Gasteiger partial charge in [0, 0.05) is 33.4 Å². The van der Waals surface area contributed by atoms with Gasteiger partial charge in [-0.3, -0.25) is 14.9 Å². The zero-order valence-electron chi connectivity index (χ0n) is 11.4. The Morgan fingerprint density at radius 2 is 1.74 bits per heavy atom. The lowest BCUT2D eigenvalue weighted by Crippen LogP contribution is -2.42. The number of carbonyl (C=O) groups excluding carboxylic acids is 1. The largest absolute Gasteiger partial charge is 0.334 e. The van der Waals surface area contributed by atoms with Crippen LogP contribution in [0.2, 0.25) is 0 Å². The third kappa shape index (κ3) is 3.89. The normalized spacial score (nSPS) is 10.9. The Morgan fingerprint density at radius 3 is 2.16 bits per heavy atom. The van der Waals surface area contributed by atoms with E-state index in [0.717, 1.165) is 0 Å². The summed E-state index contributed by atoms with van der Waals surface area (Å²) in [5, 5.41) is 10.8. The molecule has 1 rings (SSSR count). The molecule has 0 fully saturated rings. The Hall–Kier alpha value is -1.18. The highest BCUT2D eigenvalue weighted by Gasteiger charge is 2.23. The Bertz CT molecular complexity index is 493. The first-order valence-electron chi connectivity index (χ1n) is 6.01. The molecule has 0 N–H and O–H groups in total. The van der Waals surface area contributed by atoms with Crippen LogP contribution in [0.5, 0.6) is 0 Å². The zero-order valence-corrected chi connectivity index (χ0v) is 13.5. The number of halogens is 1. The lowest BCUT2D eigenvalue weighted by Gasteiger charge is -2.30. The number of amides is 1. The molecule has 0 heterocycles. The van der Waals surface area contributed by atoms with Gasteiger partial charge in [-0.25, -0.2) is 0 Å². The maximum Gasteiger partial charge on any atom is 0.271 e. The van der Waals surface area contributed by atoms with Gasteiger partial charge in [-0.05, 0) is 56.4 Å². The third-order valence-electron chi connectivity index (χ3n) is 2.69. The van der Waals surface area contributed by atoms with Crippen molar-refractivity contribution in [2.24, 2.45) is 0 Å². The van der Waals surface area contributed by atoms with E-state index < -0.39 is 4.92 Å². The van der Waals surface area contributed by atoms with Crippen LogP contribution in [-0.4, -0.2) is 27.8 Å². The molecular weight excluding hydrogens is 359 g/mol. The number of non-ortho nitro benzene ring substituents is 1. The second-order valence-electron chi connectivity index (χ2n) is 4.86. The Balaban J connectivity index is 3.21. The highest BCUT2D eigenvalue weighted by Crippen LogP contribution is 2.21. The van der Waals surface area contributed by atoms with E-state index in [9.17, 15) is 14.9 Å². The molecule has 0 aliphatic rings. The first kappa shape index (κ1) is 15.9. The molecule has 0 aliphatic heterocycles. The summed E-state index contributed by atoms with van der Waals surface area (Å²) in [6.07, 6.45) is 0. The standard InChI is InChI=1S/C13H17IN2O3/c1-8(2)15(9(3)4)13(17)10-5-11(14)7-12(6-10)16(18)19/h5-9H,1-4H3. The number of nitro groups is 1. The van der Waals surface area contributed by atoms with E-state index in [2.05, 4.69) is 0 Å². The molecule has 0 radical (unpaired) electrons. The second-order valence-corrected chi connectivity index (χ2v) is 6.10. The highest BCUT2D eigenvalue weighted by atomic mass is 127. The van der Waals surface area contributed by atoms with Gasteiger partial charge >= 0.3 is 0 Å². The molecule has 1 aromatic rings. The fourth-order valence-electron chi connectivity index (χ4n) is 2.02. The van der Waals surface area contributed by atoms with Crippen LogP contribution in [0.15, 0.2) is 18.2 Å². The van der Waals surface area contributed by atoms with Crippen molar-refractivity contribution in [3.8, 4) is 0 Å². The van der Waals surface area contributed by atoms with Crippen LogP contribution in [0.3, 0.4) is 0 Å². The van der Waals surface area contributed by atoms with Gasteiger partial charge in [0.25, 0.3) is 11.6 Å². The van der Waals surface area contributed by atoms with E-state index in [1.54, 1.807) is 11.0 Å². The summed E-state index contributed by atoms with van der Waals surface area (Å²) in [6, 6.07) is 4.55. The van der Waals surface area contributed by atoms with Gasteiger partial charge in [-0.15, -0.1) is 0 Å². The molecule has 6 heteroatoms. The van der Waals surface area contributed by atoms with Crippen molar-refractivity contribution >= 4 is 34.2 Å². The summed E-state index contributed by atoms with van der Waals surface area (Å²) in [5.74, 6) is -0.174. The molecule has 19 heavy (non-hydrogen) atoms. The zero-order chi connectivity index (χ0) is 14.7. The summed E-state index contributed by atoms with van der Waals surface area (Å²) in [6.45, 7) is 7.72. The first-order chi connectivity index (χ1) is 8.73. The smallest absolute Gasteiger partial charge is 0.271 e. The topological polar surface area (TPSA) is 63.5 Å². The molecule has 5 nitrogen and oxygen atoms in total. The lowest BCUT2D eigenvalue weighted by molar-refractivity contribution is -0.385. The van der Waals surface area contributed by atoms with Crippen molar-refractivity contribution in [3.05, 3.63) is 37.4 Å². The number of hydrogen-bond donors (Lipinski definition) is 0. The number of rotatable bonds is 4. The molecule has 0 spiro atoms. The van der Waals surface area contributed by atoms with Gasteiger partial charge < -0.3 is 4.90 Å². The first-order valence-corrected chi connectivity index (χ1v) is 7.09. The SMILES string of the molecule is CC(C)N(C(=O)c1cc(I)cc([N+](=O)[O-])c1)C(C)C. The monoisotopic (exact) mass is 376 g/mol. The van der Waals surface area contributed by atoms with Gasteiger partial charge in [0.2, 0.25) is 0 Å². The summed E-state index contributed by atoms with van der Waals surface area (Å²) < 4.78 is 0.683. The van der Waals surface area contributed by atoms with Gasteiger partial charge in [0.15, 0.2) is 0 Å². The van der Waals surface area contributed by atoms with Gasteiger partial charge in [-0.1, -0.05) is 0 Å². The van der Waals surface area contributed by atoms with Crippen molar-refractivity contribution in [2.75, 3.05) is 0 Å². The highest BCUT2D eigenvalue weighted by molar-refractivity contribution is 14.1. The van der Waals surface area contributed by atoms with Crippen molar-refractivity contribution in [2.45, 2.75) is 39.8 Å². The average molecular weight is 376 g/mol. The van der Waals surface area contributed by atoms with Crippen molar-refractivity contribution in [3.63, 3.8) is 0 Å². The molecule has 0 aromatic heterocycles. The average Bonchev–Trinajstić information content (AvgIpc) is 2.26. The van der Waals surface area contributed by atoms with Crippen molar-refractivity contribution in [1.82, 2.24) is 4.90 Å². The molecule has 0 atom stereocenters. The minimum absolute atomic E-state index is 0.0458. The van der Waals surface area contributed by atoms with Crippen molar-refractivity contribution in [1.29, 1.82) is 0 Å². The predicted octanol–water partition coefficient (Wildman–Crippen LogP) is 3.46. The molecule has 0 saturated heterocycles.